The SMILES string of the molecule is CCNC(=NCCC(=O)NC1CCS(=O)(=O)C1)N(C)Cc1cccc(Cl)c1.I. The van der Waals surface area contributed by atoms with Gasteiger partial charge >= 0.3 is 0 Å². The molecular formula is C18H28ClIN4O3S. The maximum Gasteiger partial charge on any atom is 0.222 e. The molecule has 2 N–H and O–H groups in total. The van der Waals surface area contributed by atoms with Crippen LogP contribution in [0.5, 0.6) is 0 Å². The zero-order valence-corrected chi connectivity index (χ0v) is 20.1. The lowest BCUT2D eigenvalue weighted by molar-refractivity contribution is -0.121. The highest BCUT2D eigenvalue weighted by atomic mass is 127. The van der Waals surface area contributed by atoms with E-state index in [0.717, 1.165) is 5.56 Å². The number of carbonyl (C=O) groups is 1. The van der Waals surface area contributed by atoms with E-state index in [0.29, 0.717) is 37.0 Å². The number of hydrogen-bond donors (Lipinski definition) is 2. The third-order valence-corrected chi connectivity index (χ3v) is 6.21. The molecule has 1 aliphatic rings. The first kappa shape index (κ1) is 25.0. The summed E-state index contributed by atoms with van der Waals surface area (Å²) in [6, 6.07) is 7.37. The van der Waals surface area contributed by atoms with Crippen LogP contribution >= 0.6 is 35.6 Å². The van der Waals surface area contributed by atoms with Crippen LogP contribution in [-0.4, -0.2) is 62.9 Å². The average Bonchev–Trinajstić information content (AvgIpc) is 2.92. The van der Waals surface area contributed by atoms with Gasteiger partial charge in [-0.15, -0.1) is 24.0 Å². The lowest BCUT2D eigenvalue weighted by Gasteiger charge is -2.22. The molecule has 0 bridgehead atoms. The Bertz CT molecular complexity index is 789. The van der Waals surface area contributed by atoms with E-state index >= 15 is 0 Å². The Labute approximate surface area is 189 Å². The second-order valence-corrected chi connectivity index (χ2v) is 9.30. The van der Waals surface area contributed by atoms with E-state index in [2.05, 4.69) is 15.6 Å². The van der Waals surface area contributed by atoms with Crippen LogP contribution in [0.2, 0.25) is 5.02 Å². The summed E-state index contributed by atoms with van der Waals surface area (Å²) in [7, 11) is -1.07. The third kappa shape index (κ3) is 8.52. The average molecular weight is 543 g/mol. The van der Waals surface area contributed by atoms with Crippen molar-refractivity contribution in [3.63, 3.8) is 0 Å². The van der Waals surface area contributed by atoms with Gasteiger partial charge in [-0.1, -0.05) is 23.7 Å². The number of halogens is 2. The van der Waals surface area contributed by atoms with Crippen molar-refractivity contribution in [3.05, 3.63) is 34.9 Å². The van der Waals surface area contributed by atoms with Gasteiger partial charge in [0.2, 0.25) is 5.91 Å². The van der Waals surface area contributed by atoms with Gasteiger partial charge in [0.05, 0.1) is 18.1 Å². The molecule has 0 aromatic heterocycles. The zero-order chi connectivity index (χ0) is 19.9. The van der Waals surface area contributed by atoms with Crippen LogP contribution in [0.15, 0.2) is 29.3 Å². The summed E-state index contributed by atoms with van der Waals surface area (Å²) < 4.78 is 22.9. The summed E-state index contributed by atoms with van der Waals surface area (Å²) in [5.41, 5.74) is 1.07. The van der Waals surface area contributed by atoms with E-state index in [-0.39, 0.29) is 53.9 Å². The minimum atomic E-state index is -2.99. The number of aliphatic imine (C=N–C) groups is 1. The number of benzene rings is 1. The molecule has 1 amide bonds. The van der Waals surface area contributed by atoms with Crippen molar-refractivity contribution < 1.29 is 13.2 Å². The molecule has 0 aliphatic carbocycles. The minimum Gasteiger partial charge on any atom is -0.357 e. The van der Waals surface area contributed by atoms with Crippen LogP contribution in [0.4, 0.5) is 0 Å². The van der Waals surface area contributed by atoms with Gasteiger partial charge in [0.15, 0.2) is 15.8 Å². The van der Waals surface area contributed by atoms with Crippen molar-refractivity contribution in [2.24, 2.45) is 4.99 Å². The standard InChI is InChI=1S/C18H27ClN4O3S.HI/c1-3-20-18(23(2)12-14-5-4-6-15(19)11-14)21-9-7-17(24)22-16-8-10-27(25,26)13-16;/h4-6,11,16H,3,7-10,12-13H2,1-2H3,(H,20,21)(H,22,24);1H. The van der Waals surface area contributed by atoms with Crippen molar-refractivity contribution >= 4 is 57.3 Å². The molecule has 1 fully saturated rings. The summed E-state index contributed by atoms with van der Waals surface area (Å²) in [5.74, 6) is 0.713. The Morgan fingerprint density at radius 3 is 2.75 bits per heavy atom. The number of hydrogen-bond acceptors (Lipinski definition) is 4. The summed E-state index contributed by atoms with van der Waals surface area (Å²) in [6.07, 6.45) is 0.707. The molecule has 1 atom stereocenters. The summed E-state index contributed by atoms with van der Waals surface area (Å²) in [6.45, 7) is 3.66. The molecule has 0 spiro atoms. The van der Waals surface area contributed by atoms with E-state index in [4.69, 9.17) is 11.6 Å². The molecule has 0 radical (unpaired) electrons. The summed E-state index contributed by atoms with van der Waals surface area (Å²) >= 11 is 6.03. The van der Waals surface area contributed by atoms with Crippen molar-refractivity contribution in [2.45, 2.75) is 32.4 Å². The zero-order valence-electron chi connectivity index (χ0n) is 16.2. The second kappa shape index (κ2) is 11.8. The molecule has 7 nitrogen and oxygen atoms in total. The Morgan fingerprint density at radius 1 is 1.39 bits per heavy atom. The van der Waals surface area contributed by atoms with Gasteiger partial charge in [-0.05, 0) is 31.0 Å². The molecule has 10 heteroatoms. The number of carbonyl (C=O) groups excluding carboxylic acids is 1. The van der Waals surface area contributed by atoms with Crippen molar-refractivity contribution in [1.29, 1.82) is 0 Å². The number of sulfone groups is 1. The summed E-state index contributed by atoms with van der Waals surface area (Å²) in [5, 5.41) is 6.67. The van der Waals surface area contributed by atoms with Crippen LogP contribution in [0.1, 0.15) is 25.3 Å². The molecule has 158 valence electrons. The molecule has 1 aliphatic heterocycles. The monoisotopic (exact) mass is 542 g/mol. The molecule has 1 aromatic rings. The lowest BCUT2D eigenvalue weighted by Crippen LogP contribution is -2.39. The lowest BCUT2D eigenvalue weighted by atomic mass is 10.2. The van der Waals surface area contributed by atoms with Crippen molar-refractivity contribution in [3.8, 4) is 0 Å². The highest BCUT2D eigenvalue weighted by Crippen LogP contribution is 2.13. The van der Waals surface area contributed by atoms with Crippen LogP contribution in [0.3, 0.4) is 0 Å². The Morgan fingerprint density at radius 2 is 2.14 bits per heavy atom. The topological polar surface area (TPSA) is 90.9 Å². The first-order valence-corrected chi connectivity index (χ1v) is 11.2. The maximum atomic E-state index is 12.0. The Kier molecular flexibility index (Phi) is 10.5. The van der Waals surface area contributed by atoms with Crippen LogP contribution in [0, 0.1) is 0 Å². The third-order valence-electron chi connectivity index (χ3n) is 4.20. The molecule has 2 rings (SSSR count). The first-order chi connectivity index (χ1) is 12.8. The van der Waals surface area contributed by atoms with Gasteiger partial charge in [-0.3, -0.25) is 9.79 Å². The van der Waals surface area contributed by atoms with E-state index in [1.54, 1.807) is 0 Å². The minimum absolute atomic E-state index is 0. The predicted octanol–water partition coefficient (Wildman–Crippen LogP) is 2.05. The Balaban J connectivity index is 0.00000392. The van der Waals surface area contributed by atoms with E-state index < -0.39 is 9.84 Å². The largest absolute Gasteiger partial charge is 0.357 e. The fourth-order valence-electron chi connectivity index (χ4n) is 2.93. The molecule has 1 heterocycles. The van der Waals surface area contributed by atoms with Gasteiger partial charge < -0.3 is 15.5 Å². The normalized spacial score (nSPS) is 18.2. The van der Waals surface area contributed by atoms with Gasteiger partial charge in [-0.25, -0.2) is 8.42 Å². The molecule has 1 aromatic carbocycles. The van der Waals surface area contributed by atoms with Crippen LogP contribution in [0.25, 0.3) is 0 Å². The quantitative estimate of drug-likeness (QED) is 0.313. The van der Waals surface area contributed by atoms with Gasteiger partial charge in [0.25, 0.3) is 0 Å². The number of nitrogens with one attached hydrogen (secondary N) is 2. The second-order valence-electron chi connectivity index (χ2n) is 6.64. The smallest absolute Gasteiger partial charge is 0.222 e. The van der Waals surface area contributed by atoms with Gasteiger partial charge in [0.1, 0.15) is 0 Å². The first-order valence-electron chi connectivity index (χ1n) is 9.02. The van der Waals surface area contributed by atoms with Gasteiger partial charge in [0, 0.05) is 37.6 Å². The van der Waals surface area contributed by atoms with Gasteiger partial charge in [-0.2, -0.15) is 0 Å². The number of rotatable bonds is 7. The van der Waals surface area contributed by atoms with E-state index in [9.17, 15) is 13.2 Å². The van der Waals surface area contributed by atoms with Crippen LogP contribution in [-0.2, 0) is 21.2 Å². The number of nitrogens with zero attached hydrogens (tertiary/aromatic N) is 2. The molecular weight excluding hydrogens is 515 g/mol. The van der Waals surface area contributed by atoms with Crippen LogP contribution < -0.4 is 10.6 Å². The van der Waals surface area contributed by atoms with Crippen molar-refractivity contribution in [2.75, 3.05) is 31.6 Å². The Hall–Kier alpha value is -1.07. The summed E-state index contributed by atoms with van der Waals surface area (Å²) in [4.78, 5) is 18.5. The predicted molar refractivity (Wildman–Crippen MR) is 124 cm³/mol. The van der Waals surface area contributed by atoms with E-state index in [1.807, 2.05) is 43.1 Å². The fraction of sp³-hybridized carbons (Fsp3) is 0.556. The number of guanidine groups is 1. The molecule has 1 saturated heterocycles. The van der Waals surface area contributed by atoms with Crippen molar-refractivity contribution in [1.82, 2.24) is 15.5 Å². The van der Waals surface area contributed by atoms with E-state index in [1.165, 1.54) is 0 Å². The fourth-order valence-corrected chi connectivity index (χ4v) is 4.81. The highest BCUT2D eigenvalue weighted by Gasteiger charge is 2.28. The molecule has 0 saturated carbocycles. The molecule has 1 unspecified atom stereocenters. The number of amides is 1. The highest BCUT2D eigenvalue weighted by molar-refractivity contribution is 14.0. The maximum absolute atomic E-state index is 12.0. The molecule has 28 heavy (non-hydrogen) atoms.